The highest BCUT2D eigenvalue weighted by atomic mass is 19.4. The van der Waals surface area contributed by atoms with E-state index in [1.54, 1.807) is 0 Å². The van der Waals surface area contributed by atoms with Crippen LogP contribution in [-0.4, -0.2) is 5.91 Å². The number of hydrogen-bond acceptors (Lipinski definition) is 1. The summed E-state index contributed by atoms with van der Waals surface area (Å²) in [6.07, 6.45) is -4.39. The van der Waals surface area contributed by atoms with Gasteiger partial charge < -0.3 is 5.32 Å². The monoisotopic (exact) mass is 279 g/mol. The predicted octanol–water partition coefficient (Wildman–Crippen LogP) is 3.64. The Morgan fingerprint density at radius 2 is 1.55 bits per heavy atom. The predicted molar refractivity (Wildman–Crippen MR) is 69.1 cm³/mol. The van der Waals surface area contributed by atoms with Gasteiger partial charge in [-0.3, -0.25) is 4.79 Å². The van der Waals surface area contributed by atoms with E-state index in [1.807, 2.05) is 30.3 Å². The molecule has 0 heterocycles. The number of alkyl halides is 3. The van der Waals surface area contributed by atoms with E-state index in [0.29, 0.717) is 6.54 Å². The summed E-state index contributed by atoms with van der Waals surface area (Å²) in [6.45, 7) is 0.334. The molecule has 20 heavy (non-hydrogen) atoms. The van der Waals surface area contributed by atoms with E-state index in [4.69, 9.17) is 0 Å². The van der Waals surface area contributed by atoms with E-state index < -0.39 is 17.6 Å². The number of hydrogen-bond donors (Lipinski definition) is 1. The summed E-state index contributed by atoms with van der Waals surface area (Å²) in [5.74, 6) is -0.400. The standard InChI is InChI=1S/C15H12F3NO/c16-15(17,18)13-8-6-12(7-9-13)14(20)19-10-11-4-2-1-3-5-11/h1-9H,10H2,(H,19,20). The van der Waals surface area contributed by atoms with Crippen LogP contribution in [0.4, 0.5) is 13.2 Å². The molecule has 0 saturated heterocycles. The summed E-state index contributed by atoms with van der Waals surface area (Å²) in [6, 6.07) is 13.4. The zero-order chi connectivity index (χ0) is 14.6. The molecular formula is C15H12F3NO. The van der Waals surface area contributed by atoms with Crippen molar-refractivity contribution < 1.29 is 18.0 Å². The summed E-state index contributed by atoms with van der Waals surface area (Å²) >= 11 is 0. The number of carbonyl (C=O) groups is 1. The Labute approximate surface area is 114 Å². The summed E-state index contributed by atoms with van der Waals surface area (Å²) in [5, 5.41) is 2.65. The van der Waals surface area contributed by atoms with Crippen LogP contribution in [0.2, 0.25) is 0 Å². The second-order valence-electron chi connectivity index (χ2n) is 4.24. The molecule has 0 unspecified atom stereocenters. The minimum atomic E-state index is -4.39. The second kappa shape index (κ2) is 5.77. The maximum absolute atomic E-state index is 12.4. The molecule has 2 aromatic carbocycles. The average molecular weight is 279 g/mol. The van der Waals surface area contributed by atoms with Crippen LogP contribution in [0.1, 0.15) is 21.5 Å². The van der Waals surface area contributed by atoms with Crippen LogP contribution in [0.5, 0.6) is 0 Å². The molecule has 5 heteroatoms. The van der Waals surface area contributed by atoms with E-state index in [0.717, 1.165) is 17.7 Å². The van der Waals surface area contributed by atoms with Crippen LogP contribution in [0.15, 0.2) is 54.6 Å². The van der Waals surface area contributed by atoms with Gasteiger partial charge in [-0.2, -0.15) is 13.2 Å². The molecule has 0 atom stereocenters. The Balaban J connectivity index is 1.99. The van der Waals surface area contributed by atoms with Gasteiger partial charge >= 0.3 is 6.18 Å². The summed E-state index contributed by atoms with van der Waals surface area (Å²) in [4.78, 5) is 11.8. The van der Waals surface area contributed by atoms with Crippen molar-refractivity contribution in [1.82, 2.24) is 5.32 Å². The van der Waals surface area contributed by atoms with Crippen molar-refractivity contribution in [3.63, 3.8) is 0 Å². The molecule has 0 aliphatic carbocycles. The van der Waals surface area contributed by atoms with Gasteiger partial charge in [-0.1, -0.05) is 30.3 Å². The van der Waals surface area contributed by atoms with Crippen LogP contribution in [0.3, 0.4) is 0 Å². The molecule has 0 bridgehead atoms. The quantitative estimate of drug-likeness (QED) is 0.913. The van der Waals surface area contributed by atoms with Gasteiger partial charge in [-0.05, 0) is 29.8 Å². The normalized spacial score (nSPS) is 11.2. The molecule has 2 aromatic rings. The third-order valence-electron chi connectivity index (χ3n) is 2.77. The number of amides is 1. The van der Waals surface area contributed by atoms with Gasteiger partial charge in [0.25, 0.3) is 5.91 Å². The maximum Gasteiger partial charge on any atom is 0.416 e. The largest absolute Gasteiger partial charge is 0.416 e. The molecule has 1 amide bonds. The third-order valence-corrected chi connectivity index (χ3v) is 2.77. The molecule has 0 radical (unpaired) electrons. The maximum atomic E-state index is 12.4. The van der Waals surface area contributed by atoms with Gasteiger partial charge in [0.05, 0.1) is 5.56 Å². The van der Waals surface area contributed by atoms with Crippen LogP contribution in [0.25, 0.3) is 0 Å². The summed E-state index contributed by atoms with van der Waals surface area (Å²) in [5.41, 5.74) is 0.360. The molecular weight excluding hydrogens is 267 g/mol. The first kappa shape index (κ1) is 14.1. The second-order valence-corrected chi connectivity index (χ2v) is 4.24. The number of benzene rings is 2. The lowest BCUT2D eigenvalue weighted by Gasteiger charge is -2.08. The lowest BCUT2D eigenvalue weighted by atomic mass is 10.1. The van der Waals surface area contributed by atoms with Crippen LogP contribution < -0.4 is 5.32 Å². The summed E-state index contributed by atoms with van der Waals surface area (Å²) < 4.78 is 37.2. The Bertz CT molecular complexity index is 576. The van der Waals surface area contributed by atoms with Crippen LogP contribution in [0, 0.1) is 0 Å². The van der Waals surface area contributed by atoms with Gasteiger partial charge in [0.1, 0.15) is 0 Å². The van der Waals surface area contributed by atoms with Crippen LogP contribution in [-0.2, 0) is 12.7 Å². The van der Waals surface area contributed by atoms with Crippen molar-refractivity contribution >= 4 is 5.91 Å². The molecule has 0 aliphatic heterocycles. The molecule has 104 valence electrons. The lowest BCUT2D eigenvalue weighted by Crippen LogP contribution is -2.22. The first-order valence-corrected chi connectivity index (χ1v) is 5.96. The van der Waals surface area contributed by atoms with Crippen molar-refractivity contribution in [2.75, 3.05) is 0 Å². The Kier molecular flexibility index (Phi) is 4.08. The average Bonchev–Trinajstić information content (AvgIpc) is 2.45. The fraction of sp³-hybridized carbons (Fsp3) is 0.133. The molecule has 0 aliphatic rings. The fourth-order valence-electron chi connectivity index (χ4n) is 1.69. The van der Waals surface area contributed by atoms with E-state index in [9.17, 15) is 18.0 Å². The van der Waals surface area contributed by atoms with E-state index in [1.165, 1.54) is 12.1 Å². The highest BCUT2D eigenvalue weighted by molar-refractivity contribution is 5.94. The molecule has 1 N–H and O–H groups in total. The molecule has 0 saturated carbocycles. The number of halogens is 3. The molecule has 0 spiro atoms. The van der Waals surface area contributed by atoms with E-state index in [2.05, 4.69) is 5.32 Å². The zero-order valence-electron chi connectivity index (χ0n) is 10.4. The van der Waals surface area contributed by atoms with E-state index in [-0.39, 0.29) is 5.56 Å². The number of nitrogens with one attached hydrogen (secondary N) is 1. The van der Waals surface area contributed by atoms with Crippen molar-refractivity contribution in [2.24, 2.45) is 0 Å². The van der Waals surface area contributed by atoms with Crippen LogP contribution >= 0.6 is 0 Å². The lowest BCUT2D eigenvalue weighted by molar-refractivity contribution is -0.137. The first-order valence-electron chi connectivity index (χ1n) is 5.96. The van der Waals surface area contributed by atoms with Crippen molar-refractivity contribution in [1.29, 1.82) is 0 Å². The Morgan fingerprint density at radius 1 is 0.950 bits per heavy atom. The van der Waals surface area contributed by atoms with E-state index >= 15 is 0 Å². The van der Waals surface area contributed by atoms with Crippen molar-refractivity contribution in [3.05, 3.63) is 71.3 Å². The fourth-order valence-corrected chi connectivity index (χ4v) is 1.69. The SMILES string of the molecule is O=C(NCc1ccccc1)c1ccc(C(F)(F)F)cc1. The van der Waals surface area contributed by atoms with Gasteiger partial charge in [-0.25, -0.2) is 0 Å². The molecule has 0 aromatic heterocycles. The smallest absolute Gasteiger partial charge is 0.348 e. The van der Waals surface area contributed by atoms with Gasteiger partial charge in [0.15, 0.2) is 0 Å². The van der Waals surface area contributed by atoms with Gasteiger partial charge in [0.2, 0.25) is 0 Å². The Morgan fingerprint density at radius 3 is 2.10 bits per heavy atom. The minimum absolute atomic E-state index is 0.203. The van der Waals surface area contributed by atoms with Crippen molar-refractivity contribution in [3.8, 4) is 0 Å². The third kappa shape index (κ3) is 3.60. The number of carbonyl (C=O) groups excluding carboxylic acids is 1. The number of rotatable bonds is 3. The van der Waals surface area contributed by atoms with Gasteiger partial charge in [-0.15, -0.1) is 0 Å². The zero-order valence-corrected chi connectivity index (χ0v) is 10.4. The van der Waals surface area contributed by atoms with Crippen molar-refractivity contribution in [2.45, 2.75) is 12.7 Å². The summed E-state index contributed by atoms with van der Waals surface area (Å²) in [7, 11) is 0. The van der Waals surface area contributed by atoms with Gasteiger partial charge in [0, 0.05) is 12.1 Å². The topological polar surface area (TPSA) is 29.1 Å². The highest BCUT2D eigenvalue weighted by Crippen LogP contribution is 2.29. The Hall–Kier alpha value is -2.30. The molecule has 0 fully saturated rings. The minimum Gasteiger partial charge on any atom is -0.348 e. The first-order chi connectivity index (χ1) is 9.47. The molecule has 2 nitrogen and oxygen atoms in total. The molecule has 2 rings (SSSR count). The highest BCUT2D eigenvalue weighted by Gasteiger charge is 2.30.